The SMILES string of the molecule is COc1ccc(NC(=O)c2ccc(NC(=O)C[NH+]3C[C@H](C)C[C@@H](C)C3)cc2)cc1. The first kappa shape index (κ1) is 20.9. The lowest BCUT2D eigenvalue weighted by atomic mass is 9.92. The summed E-state index contributed by atoms with van der Waals surface area (Å²) in [6, 6.07) is 14.1. The number of amides is 2. The third-order valence-corrected chi connectivity index (χ3v) is 5.27. The maximum atomic E-state index is 12.4. The Balaban J connectivity index is 1.52. The second kappa shape index (κ2) is 9.56. The van der Waals surface area contributed by atoms with E-state index in [0.29, 0.717) is 35.3 Å². The molecule has 1 fully saturated rings. The number of carbonyl (C=O) groups excluding carboxylic acids is 2. The van der Waals surface area contributed by atoms with Crippen LogP contribution in [-0.2, 0) is 4.79 Å². The van der Waals surface area contributed by atoms with Crippen LogP contribution in [-0.4, -0.2) is 38.6 Å². The Kier molecular flexibility index (Phi) is 6.88. The van der Waals surface area contributed by atoms with Crippen molar-refractivity contribution >= 4 is 23.2 Å². The van der Waals surface area contributed by atoms with Crippen LogP contribution >= 0.6 is 0 Å². The molecule has 1 aliphatic heterocycles. The summed E-state index contributed by atoms with van der Waals surface area (Å²) in [6.45, 7) is 7.07. The van der Waals surface area contributed by atoms with E-state index in [9.17, 15) is 9.59 Å². The molecule has 2 amide bonds. The third-order valence-electron chi connectivity index (χ3n) is 5.27. The Morgan fingerprint density at radius 2 is 1.48 bits per heavy atom. The van der Waals surface area contributed by atoms with Crippen molar-refractivity contribution in [3.05, 3.63) is 54.1 Å². The zero-order chi connectivity index (χ0) is 20.8. The molecule has 2 aromatic rings. The highest BCUT2D eigenvalue weighted by molar-refractivity contribution is 6.04. The second-order valence-corrected chi connectivity index (χ2v) is 8.09. The minimum Gasteiger partial charge on any atom is -0.497 e. The smallest absolute Gasteiger partial charge is 0.279 e. The molecule has 2 aromatic carbocycles. The van der Waals surface area contributed by atoms with Crippen LogP contribution in [0.25, 0.3) is 0 Å². The minimum absolute atomic E-state index is 0.0109. The van der Waals surface area contributed by atoms with E-state index in [0.717, 1.165) is 18.8 Å². The lowest BCUT2D eigenvalue weighted by Crippen LogP contribution is -3.15. The van der Waals surface area contributed by atoms with Crippen LogP contribution < -0.4 is 20.3 Å². The Hall–Kier alpha value is -2.86. The number of likely N-dealkylation sites (tertiary alicyclic amines) is 1. The Bertz CT molecular complexity index is 823. The molecule has 1 heterocycles. The molecule has 0 saturated carbocycles. The maximum absolute atomic E-state index is 12.4. The molecule has 29 heavy (non-hydrogen) atoms. The third kappa shape index (κ3) is 6.06. The Morgan fingerprint density at radius 3 is 2.07 bits per heavy atom. The normalized spacial score (nSPS) is 21.3. The second-order valence-electron chi connectivity index (χ2n) is 8.09. The molecule has 0 aliphatic carbocycles. The van der Waals surface area contributed by atoms with Gasteiger partial charge in [-0.15, -0.1) is 0 Å². The van der Waals surface area contributed by atoms with E-state index in [4.69, 9.17) is 4.74 Å². The fraction of sp³-hybridized carbons (Fsp3) is 0.391. The van der Waals surface area contributed by atoms with Gasteiger partial charge in [0.25, 0.3) is 11.8 Å². The fourth-order valence-corrected chi connectivity index (χ4v) is 4.08. The molecule has 6 heteroatoms. The van der Waals surface area contributed by atoms with Gasteiger partial charge < -0.3 is 20.3 Å². The summed E-state index contributed by atoms with van der Waals surface area (Å²) in [5.74, 6) is 1.86. The number of piperidine rings is 1. The van der Waals surface area contributed by atoms with Crippen molar-refractivity contribution in [3.8, 4) is 5.75 Å². The predicted octanol–water partition coefficient (Wildman–Crippen LogP) is 2.45. The molecule has 0 aromatic heterocycles. The van der Waals surface area contributed by atoms with Crippen LogP contribution in [0.4, 0.5) is 11.4 Å². The molecule has 0 unspecified atom stereocenters. The summed E-state index contributed by atoms with van der Waals surface area (Å²) < 4.78 is 5.11. The highest BCUT2D eigenvalue weighted by Gasteiger charge is 2.26. The van der Waals surface area contributed by atoms with Gasteiger partial charge in [0.1, 0.15) is 5.75 Å². The van der Waals surface area contributed by atoms with Gasteiger partial charge in [-0.25, -0.2) is 0 Å². The average Bonchev–Trinajstić information content (AvgIpc) is 2.68. The quantitative estimate of drug-likeness (QED) is 0.702. The number of methoxy groups -OCH3 is 1. The first-order chi connectivity index (χ1) is 13.9. The molecule has 0 radical (unpaired) electrons. The minimum atomic E-state index is -0.200. The first-order valence-corrected chi connectivity index (χ1v) is 10.1. The number of carbonyl (C=O) groups is 2. The number of benzene rings is 2. The van der Waals surface area contributed by atoms with E-state index in [-0.39, 0.29) is 11.8 Å². The Labute approximate surface area is 172 Å². The van der Waals surface area contributed by atoms with Crippen molar-refractivity contribution in [1.29, 1.82) is 0 Å². The molecular weight excluding hydrogens is 366 g/mol. The standard InChI is InChI=1S/C23H29N3O3/c1-16-12-17(2)14-26(13-16)15-22(27)24-19-6-4-18(5-7-19)23(28)25-20-8-10-21(29-3)11-9-20/h4-11,16-17H,12-15H2,1-3H3,(H,24,27)(H,25,28)/p+1/t16-,17-/m1/s1. The van der Waals surface area contributed by atoms with Crippen LogP contribution in [0.2, 0.25) is 0 Å². The van der Waals surface area contributed by atoms with Crippen LogP contribution in [0.3, 0.4) is 0 Å². The highest BCUT2D eigenvalue weighted by Crippen LogP contribution is 2.17. The van der Waals surface area contributed by atoms with Crippen LogP contribution in [0.5, 0.6) is 5.75 Å². The van der Waals surface area contributed by atoms with Gasteiger partial charge in [0.15, 0.2) is 6.54 Å². The largest absolute Gasteiger partial charge is 0.497 e. The van der Waals surface area contributed by atoms with Gasteiger partial charge >= 0.3 is 0 Å². The number of quaternary nitrogens is 1. The molecule has 154 valence electrons. The van der Waals surface area contributed by atoms with E-state index >= 15 is 0 Å². The summed E-state index contributed by atoms with van der Waals surface area (Å²) in [4.78, 5) is 26.1. The van der Waals surface area contributed by atoms with Gasteiger partial charge in [-0.2, -0.15) is 0 Å². The average molecular weight is 397 g/mol. The summed E-state index contributed by atoms with van der Waals surface area (Å²) in [6.07, 6.45) is 1.24. The van der Waals surface area contributed by atoms with Crippen molar-refractivity contribution in [2.75, 3.05) is 37.4 Å². The van der Waals surface area contributed by atoms with Gasteiger partial charge in [0, 0.05) is 28.8 Å². The molecule has 2 atom stereocenters. The predicted molar refractivity (Wildman–Crippen MR) is 115 cm³/mol. The molecule has 6 nitrogen and oxygen atoms in total. The van der Waals surface area contributed by atoms with Gasteiger partial charge in [0.2, 0.25) is 0 Å². The lowest BCUT2D eigenvalue weighted by molar-refractivity contribution is -0.904. The number of hydrogen-bond donors (Lipinski definition) is 3. The summed E-state index contributed by atoms with van der Waals surface area (Å²) in [5.41, 5.74) is 1.93. The summed E-state index contributed by atoms with van der Waals surface area (Å²) in [5, 5.41) is 5.79. The van der Waals surface area contributed by atoms with Crippen LogP contribution in [0, 0.1) is 11.8 Å². The summed E-state index contributed by atoms with van der Waals surface area (Å²) in [7, 11) is 1.60. The van der Waals surface area contributed by atoms with Crippen molar-refractivity contribution in [2.45, 2.75) is 20.3 Å². The van der Waals surface area contributed by atoms with Crippen molar-refractivity contribution in [1.82, 2.24) is 0 Å². The Morgan fingerprint density at radius 1 is 0.931 bits per heavy atom. The van der Waals surface area contributed by atoms with Crippen LogP contribution in [0.15, 0.2) is 48.5 Å². The maximum Gasteiger partial charge on any atom is 0.279 e. The molecular formula is C23H30N3O3+. The van der Waals surface area contributed by atoms with Crippen molar-refractivity contribution < 1.29 is 19.2 Å². The van der Waals surface area contributed by atoms with Crippen LogP contribution in [0.1, 0.15) is 30.6 Å². The molecule has 3 rings (SSSR count). The zero-order valence-electron chi connectivity index (χ0n) is 17.3. The lowest BCUT2D eigenvalue weighted by Gasteiger charge is -2.31. The number of rotatable bonds is 6. The number of ether oxygens (including phenoxy) is 1. The van der Waals surface area contributed by atoms with E-state index in [1.54, 1.807) is 55.6 Å². The topological polar surface area (TPSA) is 71.9 Å². The first-order valence-electron chi connectivity index (χ1n) is 10.1. The highest BCUT2D eigenvalue weighted by atomic mass is 16.5. The zero-order valence-corrected chi connectivity index (χ0v) is 17.3. The molecule has 1 aliphatic rings. The van der Waals surface area contributed by atoms with Crippen molar-refractivity contribution in [3.63, 3.8) is 0 Å². The molecule has 0 bridgehead atoms. The van der Waals surface area contributed by atoms with E-state index in [1.165, 1.54) is 11.3 Å². The van der Waals surface area contributed by atoms with E-state index in [2.05, 4.69) is 24.5 Å². The van der Waals surface area contributed by atoms with E-state index in [1.807, 2.05) is 0 Å². The monoisotopic (exact) mass is 396 g/mol. The van der Waals surface area contributed by atoms with Crippen molar-refractivity contribution in [2.24, 2.45) is 11.8 Å². The van der Waals surface area contributed by atoms with Gasteiger partial charge in [0.05, 0.1) is 20.2 Å². The fourth-order valence-electron chi connectivity index (χ4n) is 4.08. The molecule has 0 spiro atoms. The number of anilines is 2. The van der Waals surface area contributed by atoms with Gasteiger partial charge in [-0.1, -0.05) is 13.8 Å². The summed E-state index contributed by atoms with van der Waals surface area (Å²) >= 11 is 0. The number of hydrogen-bond acceptors (Lipinski definition) is 3. The molecule has 1 saturated heterocycles. The van der Waals surface area contributed by atoms with Gasteiger partial charge in [-0.3, -0.25) is 9.59 Å². The number of nitrogens with one attached hydrogen (secondary N) is 3. The van der Waals surface area contributed by atoms with E-state index < -0.39 is 0 Å². The molecule has 3 N–H and O–H groups in total. The van der Waals surface area contributed by atoms with Gasteiger partial charge in [-0.05, 0) is 55.0 Å².